The van der Waals surface area contributed by atoms with Gasteiger partial charge >= 0.3 is 0 Å². The highest BCUT2D eigenvalue weighted by molar-refractivity contribution is 6.03. The molecule has 1 amide bonds. The second kappa shape index (κ2) is 6.29. The van der Waals surface area contributed by atoms with Crippen LogP contribution in [0.4, 0.5) is 5.69 Å². The zero-order valence-corrected chi connectivity index (χ0v) is 12.6. The molecule has 22 heavy (non-hydrogen) atoms. The summed E-state index contributed by atoms with van der Waals surface area (Å²) in [5.41, 5.74) is 6.74. The maximum absolute atomic E-state index is 11.9. The molecule has 0 aliphatic carbocycles. The van der Waals surface area contributed by atoms with Gasteiger partial charge in [-0.1, -0.05) is 0 Å². The first-order valence-corrected chi connectivity index (χ1v) is 7.42. The van der Waals surface area contributed by atoms with Crippen molar-refractivity contribution in [2.45, 2.75) is 18.9 Å². The lowest BCUT2D eigenvalue weighted by atomic mass is 10.0. The number of nitrogens with one attached hydrogen (secondary N) is 1. The molecule has 1 fully saturated rings. The molecule has 1 aromatic carbocycles. The molecule has 1 aliphatic rings. The molecule has 0 bridgehead atoms. The van der Waals surface area contributed by atoms with Crippen LogP contribution in [0.15, 0.2) is 30.6 Å². The smallest absolute Gasteiger partial charge is 0.250 e. The molecule has 1 aliphatic heterocycles. The third-order valence-corrected chi connectivity index (χ3v) is 4.06. The van der Waals surface area contributed by atoms with Gasteiger partial charge in [-0.25, -0.2) is 5.06 Å². The monoisotopic (exact) mass is 300 g/mol. The van der Waals surface area contributed by atoms with E-state index < -0.39 is 5.91 Å². The number of piperidine rings is 1. The fraction of sp³-hybridized carbons (Fsp3) is 0.375. The van der Waals surface area contributed by atoms with E-state index in [2.05, 4.69) is 10.3 Å². The Balaban J connectivity index is 2.09. The molecule has 3 N–H and O–H groups in total. The van der Waals surface area contributed by atoms with Crippen molar-refractivity contribution in [1.82, 2.24) is 10.3 Å². The average molecular weight is 300 g/mol. The standard InChI is InChI=1S/C16H20N4O2/c1-22-20(13-3-2-5-18-10-13)15-8-12-9-19-6-4-11(12)7-14(15)16(17)21/h4,6-9,13,18H,2-3,5,10H2,1H3,(H2,17,21)/t13-/m0/s1. The second-order valence-corrected chi connectivity index (χ2v) is 5.46. The SMILES string of the molecule is CON(c1cc2cnccc2cc1C(N)=O)[C@H]1CCCNC1. The largest absolute Gasteiger partial charge is 0.366 e. The predicted molar refractivity (Wildman–Crippen MR) is 85.6 cm³/mol. The Morgan fingerprint density at radius 1 is 1.45 bits per heavy atom. The number of benzene rings is 1. The number of aromatic nitrogens is 1. The lowest BCUT2D eigenvalue weighted by molar-refractivity contribution is 0.0991. The highest BCUT2D eigenvalue weighted by Crippen LogP contribution is 2.29. The molecule has 6 heteroatoms. The topological polar surface area (TPSA) is 80.5 Å². The number of carbonyl (C=O) groups excluding carboxylic acids is 1. The van der Waals surface area contributed by atoms with Crippen molar-refractivity contribution < 1.29 is 9.63 Å². The minimum Gasteiger partial charge on any atom is -0.366 e. The van der Waals surface area contributed by atoms with E-state index in [0.717, 1.165) is 36.7 Å². The van der Waals surface area contributed by atoms with Gasteiger partial charge in [-0.15, -0.1) is 0 Å². The Morgan fingerprint density at radius 2 is 2.32 bits per heavy atom. The van der Waals surface area contributed by atoms with Crippen molar-refractivity contribution >= 4 is 22.4 Å². The van der Waals surface area contributed by atoms with E-state index in [0.29, 0.717) is 11.3 Å². The van der Waals surface area contributed by atoms with Gasteiger partial charge in [-0.05, 0) is 43.0 Å². The molecule has 0 saturated carbocycles. The van der Waals surface area contributed by atoms with Gasteiger partial charge in [0.25, 0.3) is 5.91 Å². The van der Waals surface area contributed by atoms with E-state index in [4.69, 9.17) is 10.6 Å². The number of hydroxylamine groups is 1. The average Bonchev–Trinajstić information content (AvgIpc) is 2.56. The number of fused-ring (bicyclic) bond motifs is 1. The van der Waals surface area contributed by atoms with E-state index in [1.54, 1.807) is 30.6 Å². The molecule has 0 spiro atoms. The van der Waals surface area contributed by atoms with Crippen LogP contribution in [0.1, 0.15) is 23.2 Å². The van der Waals surface area contributed by atoms with Crippen LogP contribution in [0.5, 0.6) is 0 Å². The number of hydrogen-bond donors (Lipinski definition) is 2. The van der Waals surface area contributed by atoms with Gasteiger partial charge < -0.3 is 11.1 Å². The first-order chi connectivity index (χ1) is 10.7. The molecular formula is C16H20N4O2. The first-order valence-electron chi connectivity index (χ1n) is 7.42. The summed E-state index contributed by atoms with van der Waals surface area (Å²) in [6.07, 6.45) is 5.55. The Bertz CT molecular complexity index is 683. The van der Waals surface area contributed by atoms with Crippen LogP contribution in [0.2, 0.25) is 0 Å². The third-order valence-electron chi connectivity index (χ3n) is 4.06. The maximum atomic E-state index is 11.9. The van der Waals surface area contributed by atoms with Crippen molar-refractivity contribution in [3.05, 3.63) is 36.2 Å². The fourth-order valence-corrected chi connectivity index (χ4v) is 2.98. The molecule has 116 valence electrons. The summed E-state index contributed by atoms with van der Waals surface area (Å²) in [6.45, 7) is 1.83. The Kier molecular flexibility index (Phi) is 4.22. The van der Waals surface area contributed by atoms with E-state index in [1.165, 1.54) is 0 Å². The van der Waals surface area contributed by atoms with Crippen LogP contribution >= 0.6 is 0 Å². The van der Waals surface area contributed by atoms with Gasteiger partial charge in [-0.2, -0.15) is 0 Å². The van der Waals surface area contributed by atoms with Crippen LogP contribution in [-0.4, -0.2) is 37.1 Å². The molecule has 1 saturated heterocycles. The number of hydrogen-bond acceptors (Lipinski definition) is 5. The minimum atomic E-state index is -0.459. The molecule has 0 radical (unpaired) electrons. The van der Waals surface area contributed by atoms with Gasteiger partial charge in [0.15, 0.2) is 0 Å². The van der Waals surface area contributed by atoms with Crippen molar-refractivity contribution in [2.75, 3.05) is 25.3 Å². The fourth-order valence-electron chi connectivity index (χ4n) is 2.98. The predicted octanol–water partition coefficient (Wildman–Crippen LogP) is 1.45. The first kappa shape index (κ1) is 14.7. The normalized spacial score (nSPS) is 18.3. The summed E-state index contributed by atoms with van der Waals surface area (Å²) in [5, 5.41) is 7.03. The summed E-state index contributed by atoms with van der Waals surface area (Å²) < 4.78 is 0. The lowest BCUT2D eigenvalue weighted by Gasteiger charge is -2.35. The van der Waals surface area contributed by atoms with Crippen LogP contribution in [0, 0.1) is 0 Å². The highest BCUT2D eigenvalue weighted by Gasteiger charge is 2.25. The van der Waals surface area contributed by atoms with E-state index >= 15 is 0 Å². The van der Waals surface area contributed by atoms with Gasteiger partial charge in [0, 0.05) is 24.3 Å². The number of amides is 1. The summed E-state index contributed by atoms with van der Waals surface area (Å²) in [6, 6.07) is 5.76. The molecule has 6 nitrogen and oxygen atoms in total. The van der Waals surface area contributed by atoms with Crippen LogP contribution in [-0.2, 0) is 4.84 Å². The summed E-state index contributed by atoms with van der Waals surface area (Å²) in [7, 11) is 1.62. The summed E-state index contributed by atoms with van der Waals surface area (Å²) in [4.78, 5) is 21.6. The molecule has 0 unspecified atom stereocenters. The van der Waals surface area contributed by atoms with Gasteiger partial charge in [0.2, 0.25) is 0 Å². The number of anilines is 1. The Labute approximate surface area is 129 Å². The quantitative estimate of drug-likeness (QED) is 0.835. The van der Waals surface area contributed by atoms with Crippen LogP contribution in [0.25, 0.3) is 10.8 Å². The van der Waals surface area contributed by atoms with Crippen LogP contribution in [0.3, 0.4) is 0 Å². The molecule has 1 atom stereocenters. The molecular weight excluding hydrogens is 280 g/mol. The third kappa shape index (κ3) is 2.75. The Morgan fingerprint density at radius 3 is 3.00 bits per heavy atom. The molecule has 3 rings (SSSR count). The summed E-state index contributed by atoms with van der Waals surface area (Å²) >= 11 is 0. The van der Waals surface area contributed by atoms with Crippen molar-refractivity contribution in [3.8, 4) is 0 Å². The van der Waals surface area contributed by atoms with Gasteiger partial charge in [0.1, 0.15) is 0 Å². The van der Waals surface area contributed by atoms with Crippen molar-refractivity contribution in [3.63, 3.8) is 0 Å². The Hall–Kier alpha value is -2.18. The van der Waals surface area contributed by atoms with Gasteiger partial charge in [0.05, 0.1) is 24.4 Å². The maximum Gasteiger partial charge on any atom is 0.250 e. The number of pyridine rings is 1. The summed E-state index contributed by atoms with van der Waals surface area (Å²) in [5.74, 6) is -0.459. The van der Waals surface area contributed by atoms with E-state index in [9.17, 15) is 4.79 Å². The highest BCUT2D eigenvalue weighted by atomic mass is 16.7. The number of primary amides is 1. The number of carbonyl (C=O) groups is 1. The number of rotatable bonds is 4. The molecule has 1 aromatic heterocycles. The molecule has 2 heterocycles. The second-order valence-electron chi connectivity index (χ2n) is 5.46. The van der Waals surface area contributed by atoms with Crippen molar-refractivity contribution in [1.29, 1.82) is 0 Å². The number of nitrogens with two attached hydrogens (primary N) is 1. The zero-order valence-electron chi connectivity index (χ0n) is 12.6. The van der Waals surface area contributed by atoms with Crippen molar-refractivity contribution in [2.24, 2.45) is 5.73 Å². The van der Waals surface area contributed by atoms with E-state index in [-0.39, 0.29) is 6.04 Å². The van der Waals surface area contributed by atoms with Crippen LogP contribution < -0.4 is 16.1 Å². The zero-order chi connectivity index (χ0) is 15.5. The van der Waals surface area contributed by atoms with Gasteiger partial charge in [-0.3, -0.25) is 14.6 Å². The minimum absolute atomic E-state index is 0.172. The van der Waals surface area contributed by atoms with E-state index in [1.807, 2.05) is 12.1 Å². The lowest BCUT2D eigenvalue weighted by Crippen LogP contribution is -2.46. The molecule has 2 aromatic rings. The number of nitrogens with zero attached hydrogens (tertiary/aromatic N) is 2.